The number of hydrogen-bond donors (Lipinski definition) is 3. The minimum atomic E-state index is -3.46. The number of amides is 2. The number of nitrogens with one attached hydrogen (secondary N) is 2. The first-order chi connectivity index (χ1) is 56.1. The van der Waals surface area contributed by atoms with Crippen LogP contribution < -0.4 is 38.8 Å². The van der Waals surface area contributed by atoms with Gasteiger partial charge in [0.1, 0.15) is 29.1 Å². The molecule has 4 heterocycles. The maximum atomic E-state index is 13.4. The second kappa shape index (κ2) is 40.1. The predicted octanol–water partition coefficient (Wildman–Crippen LogP) is 16.6. The summed E-state index contributed by atoms with van der Waals surface area (Å²) < 4.78 is 90.5. The van der Waals surface area contributed by atoms with E-state index in [9.17, 15) is 18.3 Å². The van der Waals surface area contributed by atoms with Gasteiger partial charge in [0, 0.05) is 42.0 Å². The molecule has 0 aliphatic carbocycles. The van der Waals surface area contributed by atoms with Gasteiger partial charge in [-0.2, -0.15) is 13.2 Å². The molecule has 7 aromatic carbocycles. The molecule has 4 aliphatic rings. The highest BCUT2D eigenvalue weighted by Crippen LogP contribution is 2.50. The summed E-state index contributed by atoms with van der Waals surface area (Å²) in [7, 11) is 28.2. The number of halogens is 2. The number of guanidine groups is 1. The number of carbonyl (C=O) groups is 1. The van der Waals surface area contributed by atoms with Crippen molar-refractivity contribution in [2.75, 3.05) is 179 Å². The highest BCUT2D eigenvalue weighted by Gasteiger charge is 2.62. The summed E-state index contributed by atoms with van der Waals surface area (Å²) in [5.74, 6) is 1.25. The van der Waals surface area contributed by atoms with Crippen molar-refractivity contribution in [1.29, 1.82) is 0 Å². The SMILES string of the molecule is CC(C)(C)[N+](C)(C)C(C)(O)COc1cccc2ccccc12.CC1(C)OC2(C)COC(C)(COCS(=O)(=O)[N+](C)(C)C)OCOC2(C)O1.C[N+]#CC(CCC[N+](C)(C)CCc1ccc(OC)c(OC)c1)(c1ccc(OC)c(OC)c1)C(C)(C)C.C[N+](=C1NCCN1)c1c(Cl)cccc1Cl.C[N+](C)(C)C(=O)[N+]1(C)c2ccccc2CCc2ccccc21. The third-order valence-corrected chi connectivity index (χ3v) is 26.6. The number of urea groups is 1. The van der Waals surface area contributed by atoms with E-state index in [4.69, 9.17) is 75.3 Å². The van der Waals surface area contributed by atoms with Crippen molar-refractivity contribution in [3.63, 3.8) is 0 Å². The molecule has 5 atom stereocenters. The fourth-order valence-electron chi connectivity index (χ4n) is 15.2. The van der Waals surface area contributed by atoms with Crippen molar-refractivity contribution in [2.45, 2.75) is 155 Å². The van der Waals surface area contributed by atoms with Crippen LogP contribution in [0.5, 0.6) is 28.7 Å². The highest BCUT2D eigenvalue weighted by atomic mass is 35.5. The average molecular weight is 1740 g/mol. The van der Waals surface area contributed by atoms with E-state index in [0.29, 0.717) is 19.0 Å². The number of benzene rings is 7. The first-order valence-corrected chi connectivity index (χ1v) is 43.6. The minimum absolute atomic E-state index is 0.0768. The summed E-state index contributed by atoms with van der Waals surface area (Å²) in [6.45, 7) is 28.0. The molecule has 0 bridgehead atoms. The van der Waals surface area contributed by atoms with Crippen molar-refractivity contribution in [3.8, 4) is 34.8 Å². The molecular formula is C94H142Cl2N9O15S+7. The summed E-state index contributed by atoms with van der Waals surface area (Å²) in [6.07, 6.45) is 4.89. The minimum Gasteiger partial charge on any atom is -0.493 e. The zero-order chi connectivity index (χ0) is 90.4. The summed E-state index contributed by atoms with van der Waals surface area (Å²) in [6, 6.07) is 52.4. The molecule has 121 heavy (non-hydrogen) atoms. The first kappa shape index (κ1) is 100. The van der Waals surface area contributed by atoms with E-state index in [-0.39, 0.29) is 57.4 Å². The van der Waals surface area contributed by atoms with Crippen molar-refractivity contribution in [2.24, 2.45) is 5.41 Å². The van der Waals surface area contributed by atoms with E-state index >= 15 is 0 Å². The molecule has 3 saturated heterocycles. The zero-order valence-corrected chi connectivity index (χ0v) is 80.0. The van der Waals surface area contributed by atoms with E-state index in [2.05, 4.69) is 150 Å². The van der Waals surface area contributed by atoms with E-state index in [1.165, 1.54) is 16.7 Å². The quantitative estimate of drug-likeness (QED) is 0.0328. The Morgan fingerprint density at radius 1 is 0.653 bits per heavy atom. The summed E-state index contributed by atoms with van der Waals surface area (Å²) in [5.41, 5.74) is 5.55. The lowest BCUT2D eigenvalue weighted by atomic mass is 9.61. The number of methoxy groups -OCH3 is 4. The van der Waals surface area contributed by atoms with Gasteiger partial charge >= 0.3 is 22.0 Å². The Hall–Kier alpha value is -7.72. The lowest BCUT2D eigenvalue weighted by molar-refractivity contribution is -1.00. The van der Waals surface area contributed by atoms with Crippen LogP contribution >= 0.6 is 23.2 Å². The van der Waals surface area contributed by atoms with Crippen LogP contribution in [0, 0.1) is 11.5 Å². The molecular weight excluding hydrogens is 1600 g/mol. The number of ether oxygens (including phenoxy) is 11. The van der Waals surface area contributed by atoms with Crippen LogP contribution in [0.4, 0.5) is 21.9 Å². The largest absolute Gasteiger partial charge is 0.523 e. The molecule has 0 spiro atoms. The number of fused-ring (bicyclic) bond motifs is 4. The standard InChI is InChI=1S/C30H46N2O4.C19H24N2O.C19H28NO2.C16H32NO8S.C10H11Cl2N3/c1-29(2,3)30(22-31-4,24-13-15-26(34-8)28(21-24)36-10)17-11-18-32(5,6)19-16-23-12-14-25(33-7)27(20-23)35-9;1-20(2,3)19(22)21(4)17-11-7-5-9-15(17)13-14-16-10-6-8-12-18(16)21;1-18(2,3)20(5,6)19(4,21)14-22-17-13-9-11-15-10-7-8-12-16(15)17;1-13(2)24-14(3)9-21-15(4,22-11-23-16(14,5)25-13)10-20-12-26(18,19)17(6,7)8;1-15(10-13-5-6-14-10)9-7(11)3-2-4-8(9)12/h12-15,20-21H,11,16-19H2,1-10H3;5-12H,13-14H2,1-4H3;7-13,21H,14H2,1-6H3;9-12H2,1-8H3;2-4H,5-6H2,1H3,(H,13,14)/q2*+2;2*+1;/p+1. The zero-order valence-electron chi connectivity index (χ0n) is 77.7. The van der Waals surface area contributed by atoms with Gasteiger partial charge in [-0.25, -0.2) is 12.9 Å². The third-order valence-electron chi connectivity index (χ3n) is 23.9. The van der Waals surface area contributed by atoms with E-state index in [1.54, 1.807) is 77.3 Å². The number of para-hydroxylation sites is 3. The second-order valence-electron chi connectivity index (χ2n) is 37.5. The van der Waals surface area contributed by atoms with Crippen LogP contribution in [-0.4, -0.2) is 260 Å². The molecule has 4 aliphatic heterocycles. The number of quaternary nitrogens is 5. The van der Waals surface area contributed by atoms with E-state index in [1.807, 2.05) is 148 Å². The Bertz CT molecular complexity index is 4810. The van der Waals surface area contributed by atoms with E-state index in [0.717, 1.165) is 131 Å². The van der Waals surface area contributed by atoms with Crippen molar-refractivity contribution in [3.05, 3.63) is 183 Å². The van der Waals surface area contributed by atoms with Crippen LogP contribution in [0.2, 0.25) is 10.0 Å². The lowest BCUT2D eigenvalue weighted by Gasteiger charge is -2.51. The van der Waals surface area contributed by atoms with Crippen LogP contribution in [-0.2, 0) is 63.1 Å². The molecule has 7 aromatic rings. The fourth-order valence-corrected chi connectivity index (χ4v) is 16.4. The lowest BCUT2D eigenvalue weighted by Crippen LogP contribution is -2.68. The Morgan fingerprint density at radius 3 is 1.72 bits per heavy atom. The molecule has 3 fully saturated rings. The number of likely N-dealkylation sites (N-methyl/N-ethyl adjacent to an activating group) is 2. The summed E-state index contributed by atoms with van der Waals surface area (Å²) in [4.78, 5) is 17.8. The normalized spacial score (nSPS) is 19.9. The molecule has 11 rings (SSSR count). The van der Waals surface area contributed by atoms with Gasteiger partial charge in [0.25, 0.3) is 13.1 Å². The average Bonchev–Trinajstić information content (AvgIpc) is 1.61. The topological polar surface area (TPSA) is 204 Å². The van der Waals surface area contributed by atoms with Gasteiger partial charge < -0.3 is 61.7 Å². The van der Waals surface area contributed by atoms with Crippen LogP contribution in [0.25, 0.3) is 15.6 Å². The molecule has 5 unspecified atom stereocenters. The molecule has 24 nitrogen and oxygen atoms in total. The summed E-state index contributed by atoms with van der Waals surface area (Å²) >= 11 is 12.2. The number of aryl methyl sites for hydroxylation is 2. The van der Waals surface area contributed by atoms with E-state index < -0.39 is 44.6 Å². The van der Waals surface area contributed by atoms with Crippen molar-refractivity contribution < 1.29 is 92.3 Å². The van der Waals surface area contributed by atoms with Gasteiger partial charge in [0.05, 0.1) is 161 Å². The number of sulfonamides is 1. The number of nitrogens with zero attached hydrogens (tertiary/aromatic N) is 7. The van der Waals surface area contributed by atoms with Gasteiger partial charge in [-0.3, -0.25) is 15.1 Å². The molecule has 0 saturated carbocycles. The van der Waals surface area contributed by atoms with Crippen molar-refractivity contribution in [1.82, 2.24) is 15.1 Å². The number of carbonyl (C=O) groups excluding carboxylic acids is 1. The van der Waals surface area contributed by atoms with Gasteiger partial charge in [-0.15, -0.1) is 4.48 Å². The maximum absolute atomic E-state index is 13.4. The van der Waals surface area contributed by atoms with Gasteiger partial charge in [-0.1, -0.05) is 140 Å². The Balaban J connectivity index is 0.000000214. The fraction of sp³-hybridized carbons (Fsp3) is 0.543. The first-order valence-electron chi connectivity index (χ1n) is 41.3. The Morgan fingerprint density at radius 2 is 1.18 bits per heavy atom. The smallest absolute Gasteiger partial charge is 0.493 e. The van der Waals surface area contributed by atoms with Crippen molar-refractivity contribution >= 4 is 73.1 Å². The maximum Gasteiger partial charge on any atom is 0.523 e. The Labute approximate surface area is 732 Å². The number of hydrogen-bond acceptors (Lipinski definition) is 15. The highest BCUT2D eigenvalue weighted by molar-refractivity contribution is 7.85. The number of rotatable bonds is 22. The Kier molecular flexibility index (Phi) is 33.2. The third kappa shape index (κ3) is 24.3. The predicted molar refractivity (Wildman–Crippen MR) is 487 cm³/mol. The second-order valence-corrected chi connectivity index (χ2v) is 40.8. The van der Waals surface area contributed by atoms with Gasteiger partial charge in [0.2, 0.25) is 11.5 Å². The van der Waals surface area contributed by atoms with Gasteiger partial charge in [-0.05, 0) is 145 Å². The number of aliphatic hydroxyl groups is 1. The molecule has 0 aromatic heterocycles. The summed E-state index contributed by atoms with van der Waals surface area (Å²) in [5, 5.41) is 20.9. The van der Waals surface area contributed by atoms with Crippen LogP contribution in [0.1, 0.15) is 118 Å². The van der Waals surface area contributed by atoms with Crippen LogP contribution in [0.15, 0.2) is 146 Å². The monoisotopic (exact) mass is 1740 g/mol. The molecule has 2 amide bonds. The van der Waals surface area contributed by atoms with Gasteiger partial charge in [0.15, 0.2) is 65.3 Å². The molecule has 0 radical (unpaired) electrons. The molecule has 3 N–H and O–H groups in total. The molecule has 666 valence electrons. The molecule has 27 heteroatoms. The van der Waals surface area contributed by atoms with Crippen LogP contribution in [0.3, 0.4) is 0 Å².